The quantitative estimate of drug-likeness (QED) is 0.685. The highest BCUT2D eigenvalue weighted by atomic mass is 32.2. The summed E-state index contributed by atoms with van der Waals surface area (Å²) in [4.78, 5) is 0. The molecule has 15 heavy (non-hydrogen) atoms. The molecule has 1 heterocycles. The highest BCUT2D eigenvalue weighted by Crippen LogP contribution is 2.37. The summed E-state index contributed by atoms with van der Waals surface area (Å²) in [7, 11) is 0.683. The SMILES string of the molecule is CC1CC(O)CC(C)C1[S+]1CCCCC1. The fourth-order valence-corrected chi connectivity index (χ4v) is 7.00. The monoisotopic (exact) mass is 229 g/mol. The van der Waals surface area contributed by atoms with E-state index in [0.717, 1.165) is 29.9 Å². The maximum absolute atomic E-state index is 9.77. The molecule has 1 N–H and O–H groups in total. The Bertz CT molecular complexity index is 189. The third kappa shape index (κ3) is 2.71. The van der Waals surface area contributed by atoms with Crippen molar-refractivity contribution in [3.63, 3.8) is 0 Å². The number of hydrogen-bond donors (Lipinski definition) is 1. The predicted molar refractivity (Wildman–Crippen MR) is 68.3 cm³/mol. The Kier molecular flexibility index (Phi) is 4.00. The molecule has 0 bridgehead atoms. The van der Waals surface area contributed by atoms with E-state index >= 15 is 0 Å². The fraction of sp³-hybridized carbons (Fsp3) is 1.00. The molecule has 2 aliphatic rings. The van der Waals surface area contributed by atoms with Crippen LogP contribution in [0, 0.1) is 11.8 Å². The lowest BCUT2D eigenvalue weighted by Gasteiger charge is -2.37. The van der Waals surface area contributed by atoms with Gasteiger partial charge in [0, 0.05) is 11.8 Å². The standard InChI is InChI=1S/C13H25OS/c1-10-8-12(14)9-11(2)13(10)15-6-4-3-5-7-15/h10-14H,3-9H2,1-2H3/q+1. The summed E-state index contributed by atoms with van der Waals surface area (Å²) in [6.45, 7) is 4.73. The first-order valence-corrected chi connectivity index (χ1v) is 8.15. The van der Waals surface area contributed by atoms with Crippen LogP contribution in [0.25, 0.3) is 0 Å². The van der Waals surface area contributed by atoms with Crippen molar-refractivity contribution in [1.29, 1.82) is 0 Å². The van der Waals surface area contributed by atoms with E-state index in [1.165, 1.54) is 30.8 Å². The van der Waals surface area contributed by atoms with E-state index in [4.69, 9.17) is 0 Å². The molecule has 2 unspecified atom stereocenters. The van der Waals surface area contributed by atoms with Crippen LogP contribution in [0.5, 0.6) is 0 Å². The molecule has 0 aromatic rings. The van der Waals surface area contributed by atoms with Crippen LogP contribution in [0.3, 0.4) is 0 Å². The lowest BCUT2D eigenvalue weighted by molar-refractivity contribution is 0.0837. The molecule has 2 atom stereocenters. The molecule has 88 valence electrons. The van der Waals surface area contributed by atoms with Gasteiger partial charge in [-0.25, -0.2) is 0 Å². The lowest BCUT2D eigenvalue weighted by atomic mass is 9.81. The van der Waals surface area contributed by atoms with E-state index in [1.54, 1.807) is 0 Å². The van der Waals surface area contributed by atoms with E-state index in [1.807, 2.05) is 0 Å². The van der Waals surface area contributed by atoms with Crippen LogP contribution in [-0.2, 0) is 10.9 Å². The molecule has 1 nitrogen and oxygen atoms in total. The first-order valence-electron chi connectivity index (χ1n) is 6.53. The van der Waals surface area contributed by atoms with Gasteiger partial charge in [0.25, 0.3) is 0 Å². The van der Waals surface area contributed by atoms with Crippen molar-refractivity contribution in [1.82, 2.24) is 0 Å². The van der Waals surface area contributed by atoms with E-state index in [-0.39, 0.29) is 6.10 Å². The Balaban J connectivity index is 1.99. The van der Waals surface area contributed by atoms with Crippen molar-refractivity contribution < 1.29 is 5.11 Å². The summed E-state index contributed by atoms with van der Waals surface area (Å²) in [5.41, 5.74) is 0. The minimum absolute atomic E-state index is 0.0142. The smallest absolute Gasteiger partial charge is 0.123 e. The van der Waals surface area contributed by atoms with Gasteiger partial charge in [0.05, 0.1) is 6.10 Å². The number of hydrogen-bond acceptors (Lipinski definition) is 1. The zero-order chi connectivity index (χ0) is 10.8. The van der Waals surface area contributed by atoms with Gasteiger partial charge in [0.15, 0.2) is 0 Å². The maximum Gasteiger partial charge on any atom is 0.123 e. The first-order chi connectivity index (χ1) is 7.18. The zero-order valence-corrected chi connectivity index (χ0v) is 10.9. The van der Waals surface area contributed by atoms with Crippen LogP contribution in [0.1, 0.15) is 46.0 Å². The summed E-state index contributed by atoms with van der Waals surface area (Å²) < 4.78 is 0. The fourth-order valence-electron chi connectivity index (χ4n) is 3.57. The third-order valence-electron chi connectivity index (χ3n) is 4.11. The molecule has 1 saturated heterocycles. The highest BCUT2D eigenvalue weighted by Gasteiger charge is 2.43. The van der Waals surface area contributed by atoms with Crippen LogP contribution in [0.15, 0.2) is 0 Å². The first kappa shape index (κ1) is 11.8. The lowest BCUT2D eigenvalue weighted by Crippen LogP contribution is -2.45. The normalized spacial score (nSPS) is 44.2. The Morgan fingerprint density at radius 3 is 2.00 bits per heavy atom. The van der Waals surface area contributed by atoms with Gasteiger partial charge in [-0.3, -0.25) is 0 Å². The topological polar surface area (TPSA) is 20.2 Å². The Morgan fingerprint density at radius 1 is 0.933 bits per heavy atom. The van der Waals surface area contributed by atoms with Gasteiger partial charge in [0.2, 0.25) is 0 Å². The summed E-state index contributed by atoms with van der Waals surface area (Å²) >= 11 is 0. The second-order valence-electron chi connectivity index (χ2n) is 5.55. The van der Waals surface area contributed by atoms with Gasteiger partial charge in [-0.15, -0.1) is 0 Å². The van der Waals surface area contributed by atoms with E-state index < -0.39 is 0 Å². The van der Waals surface area contributed by atoms with Gasteiger partial charge in [-0.1, -0.05) is 13.8 Å². The summed E-state index contributed by atoms with van der Waals surface area (Å²) in [5, 5.41) is 10.7. The molecule has 0 spiro atoms. The molecule has 2 rings (SSSR count). The van der Waals surface area contributed by atoms with Crippen molar-refractivity contribution in [3.8, 4) is 0 Å². The van der Waals surface area contributed by atoms with Crippen molar-refractivity contribution >= 4 is 10.9 Å². The van der Waals surface area contributed by atoms with E-state index in [0.29, 0.717) is 10.9 Å². The van der Waals surface area contributed by atoms with Gasteiger partial charge in [-0.05, 0) is 43.0 Å². The molecule has 1 aliphatic carbocycles. The van der Waals surface area contributed by atoms with E-state index in [2.05, 4.69) is 13.8 Å². The average Bonchev–Trinajstić information content (AvgIpc) is 2.17. The number of aliphatic hydroxyl groups is 1. The second-order valence-corrected chi connectivity index (χ2v) is 7.99. The van der Waals surface area contributed by atoms with Gasteiger partial charge < -0.3 is 5.11 Å². The maximum atomic E-state index is 9.77. The van der Waals surface area contributed by atoms with Gasteiger partial charge in [0.1, 0.15) is 16.8 Å². The van der Waals surface area contributed by atoms with E-state index in [9.17, 15) is 5.11 Å². The Morgan fingerprint density at radius 2 is 1.47 bits per heavy atom. The molecule has 2 fully saturated rings. The molecule has 0 aromatic heterocycles. The van der Waals surface area contributed by atoms with Crippen molar-refractivity contribution in [2.45, 2.75) is 57.3 Å². The van der Waals surface area contributed by atoms with Crippen LogP contribution in [-0.4, -0.2) is 28.0 Å². The highest BCUT2D eigenvalue weighted by molar-refractivity contribution is 7.97. The third-order valence-corrected chi connectivity index (χ3v) is 7.43. The van der Waals surface area contributed by atoms with Gasteiger partial charge in [-0.2, -0.15) is 0 Å². The number of rotatable bonds is 1. The Hall–Kier alpha value is 0.310. The van der Waals surface area contributed by atoms with Crippen LogP contribution >= 0.6 is 0 Å². The summed E-state index contributed by atoms with van der Waals surface area (Å²) in [6, 6.07) is 0. The molecule has 0 radical (unpaired) electrons. The molecule has 0 amide bonds. The zero-order valence-electron chi connectivity index (χ0n) is 10.1. The molecule has 1 aliphatic heterocycles. The molecular weight excluding hydrogens is 204 g/mol. The molecule has 1 saturated carbocycles. The predicted octanol–water partition coefficient (Wildman–Crippen LogP) is 2.58. The second kappa shape index (κ2) is 5.09. The minimum atomic E-state index is -0.0142. The van der Waals surface area contributed by atoms with Crippen LogP contribution in [0.2, 0.25) is 0 Å². The molecular formula is C13H25OS+. The van der Waals surface area contributed by atoms with Crippen LogP contribution < -0.4 is 0 Å². The molecule has 2 heteroatoms. The molecule has 0 aromatic carbocycles. The van der Waals surface area contributed by atoms with Crippen molar-refractivity contribution in [2.75, 3.05) is 11.5 Å². The van der Waals surface area contributed by atoms with Gasteiger partial charge >= 0.3 is 0 Å². The van der Waals surface area contributed by atoms with Crippen molar-refractivity contribution in [2.24, 2.45) is 11.8 Å². The number of aliphatic hydroxyl groups excluding tert-OH is 1. The van der Waals surface area contributed by atoms with Crippen LogP contribution in [0.4, 0.5) is 0 Å². The minimum Gasteiger partial charge on any atom is -0.393 e. The summed E-state index contributed by atoms with van der Waals surface area (Å²) in [5.74, 6) is 4.47. The Labute approximate surface area is 97.0 Å². The average molecular weight is 229 g/mol. The largest absolute Gasteiger partial charge is 0.393 e. The summed E-state index contributed by atoms with van der Waals surface area (Å²) in [6.07, 6.45) is 6.47. The van der Waals surface area contributed by atoms with Crippen molar-refractivity contribution in [3.05, 3.63) is 0 Å².